The van der Waals surface area contributed by atoms with Crippen molar-refractivity contribution in [2.45, 2.75) is 70.8 Å². The molecule has 1 aliphatic carbocycles. The van der Waals surface area contributed by atoms with Crippen molar-refractivity contribution in [2.75, 3.05) is 6.54 Å². The summed E-state index contributed by atoms with van der Waals surface area (Å²) >= 11 is 0. The molecule has 0 spiro atoms. The molecular formula is C16H27N3O2. The number of H-pyrrole nitrogens is 1. The molecule has 3 N–H and O–H groups in total. The van der Waals surface area contributed by atoms with Crippen LogP contribution in [0.3, 0.4) is 0 Å². The largest absolute Gasteiger partial charge is 0.388 e. The monoisotopic (exact) mass is 293 g/mol. The lowest BCUT2D eigenvalue weighted by Gasteiger charge is -2.26. The van der Waals surface area contributed by atoms with E-state index < -0.39 is 5.60 Å². The molecule has 0 unspecified atom stereocenters. The van der Waals surface area contributed by atoms with E-state index >= 15 is 0 Å². The van der Waals surface area contributed by atoms with Gasteiger partial charge in [0.05, 0.1) is 11.3 Å². The van der Waals surface area contributed by atoms with Crippen molar-refractivity contribution in [1.29, 1.82) is 0 Å². The molecule has 0 radical (unpaired) electrons. The van der Waals surface area contributed by atoms with E-state index in [0.717, 1.165) is 42.6 Å². The predicted octanol–water partition coefficient (Wildman–Crippen LogP) is 2.16. The summed E-state index contributed by atoms with van der Waals surface area (Å²) in [4.78, 5) is 12.0. The number of aliphatic hydroxyl groups is 1. The first-order chi connectivity index (χ1) is 10.0. The minimum atomic E-state index is -0.701. The average molecular weight is 293 g/mol. The second-order valence-corrected chi connectivity index (χ2v) is 6.33. The molecule has 1 aliphatic rings. The molecule has 21 heavy (non-hydrogen) atoms. The number of carbonyl (C=O) groups is 1. The van der Waals surface area contributed by atoms with E-state index in [9.17, 15) is 9.90 Å². The summed E-state index contributed by atoms with van der Waals surface area (Å²) in [6, 6.07) is 0. The maximum absolute atomic E-state index is 12.0. The summed E-state index contributed by atoms with van der Waals surface area (Å²) in [5, 5.41) is 20.5. The van der Waals surface area contributed by atoms with Gasteiger partial charge in [0.15, 0.2) is 0 Å². The van der Waals surface area contributed by atoms with Crippen molar-refractivity contribution < 1.29 is 9.90 Å². The molecule has 5 heteroatoms. The Morgan fingerprint density at radius 3 is 2.52 bits per heavy atom. The number of hydrogen-bond acceptors (Lipinski definition) is 3. The Bertz CT molecular complexity index is 454. The van der Waals surface area contributed by atoms with Gasteiger partial charge in [-0.15, -0.1) is 0 Å². The molecule has 1 heterocycles. The second-order valence-electron chi connectivity index (χ2n) is 6.33. The van der Waals surface area contributed by atoms with Gasteiger partial charge in [0, 0.05) is 18.7 Å². The van der Waals surface area contributed by atoms with E-state index in [0.29, 0.717) is 19.4 Å². The fourth-order valence-electron chi connectivity index (χ4n) is 3.10. The van der Waals surface area contributed by atoms with Gasteiger partial charge in [-0.2, -0.15) is 5.10 Å². The fourth-order valence-corrected chi connectivity index (χ4v) is 3.10. The van der Waals surface area contributed by atoms with Crippen LogP contribution in [0, 0.1) is 13.8 Å². The molecule has 0 atom stereocenters. The van der Waals surface area contributed by atoms with Crippen LogP contribution in [0.15, 0.2) is 0 Å². The first-order valence-electron chi connectivity index (χ1n) is 8.00. The van der Waals surface area contributed by atoms with Crippen molar-refractivity contribution in [3.8, 4) is 0 Å². The molecule has 0 aromatic carbocycles. The molecule has 1 fully saturated rings. The summed E-state index contributed by atoms with van der Waals surface area (Å²) in [7, 11) is 0. The van der Waals surface area contributed by atoms with Crippen LogP contribution in [0.2, 0.25) is 0 Å². The summed E-state index contributed by atoms with van der Waals surface area (Å²) in [5.41, 5.74) is 2.41. The van der Waals surface area contributed by atoms with Crippen LogP contribution in [0.4, 0.5) is 0 Å². The maximum Gasteiger partial charge on any atom is 0.220 e. The van der Waals surface area contributed by atoms with Gasteiger partial charge < -0.3 is 10.4 Å². The lowest BCUT2D eigenvalue weighted by molar-refractivity contribution is -0.122. The van der Waals surface area contributed by atoms with Gasteiger partial charge in [-0.3, -0.25) is 9.89 Å². The van der Waals surface area contributed by atoms with Crippen LogP contribution in [0.1, 0.15) is 61.9 Å². The number of amides is 1. The fraction of sp³-hybridized carbons (Fsp3) is 0.750. The zero-order valence-electron chi connectivity index (χ0n) is 13.2. The molecule has 1 aromatic rings. The van der Waals surface area contributed by atoms with Gasteiger partial charge in [0.2, 0.25) is 5.91 Å². The van der Waals surface area contributed by atoms with Gasteiger partial charge in [0.1, 0.15) is 0 Å². The highest BCUT2D eigenvalue weighted by Gasteiger charge is 2.28. The van der Waals surface area contributed by atoms with Crippen LogP contribution in [0.5, 0.6) is 0 Å². The lowest BCUT2D eigenvalue weighted by atomic mass is 9.94. The normalized spacial score (nSPS) is 18.2. The number of rotatable bonds is 5. The van der Waals surface area contributed by atoms with E-state index in [-0.39, 0.29) is 5.91 Å². The number of hydrogen-bond donors (Lipinski definition) is 3. The zero-order chi connectivity index (χ0) is 15.3. The molecule has 0 bridgehead atoms. The Kier molecular flexibility index (Phi) is 5.39. The molecule has 118 valence electrons. The second kappa shape index (κ2) is 7.07. The number of aromatic amines is 1. The van der Waals surface area contributed by atoms with E-state index in [1.165, 1.54) is 12.8 Å². The SMILES string of the molecule is Cc1n[nH]c(C)c1CCC(=O)NCC1(O)CCCCCC1. The minimum absolute atomic E-state index is 0.00710. The van der Waals surface area contributed by atoms with Crippen LogP contribution in [-0.2, 0) is 11.2 Å². The third kappa shape index (κ3) is 4.56. The summed E-state index contributed by atoms with van der Waals surface area (Å²) in [6.45, 7) is 4.31. The molecule has 0 saturated heterocycles. The number of nitrogens with one attached hydrogen (secondary N) is 2. The Morgan fingerprint density at radius 1 is 1.29 bits per heavy atom. The molecule has 1 aromatic heterocycles. The van der Waals surface area contributed by atoms with Gasteiger partial charge in [-0.05, 0) is 38.7 Å². The molecule has 2 rings (SSSR count). The predicted molar refractivity (Wildman–Crippen MR) is 82.0 cm³/mol. The molecular weight excluding hydrogens is 266 g/mol. The highest BCUT2D eigenvalue weighted by Crippen LogP contribution is 2.26. The highest BCUT2D eigenvalue weighted by atomic mass is 16.3. The minimum Gasteiger partial charge on any atom is -0.388 e. The van der Waals surface area contributed by atoms with E-state index in [4.69, 9.17) is 0 Å². The Labute approximate surface area is 126 Å². The number of nitrogens with zero attached hydrogens (tertiary/aromatic N) is 1. The molecule has 1 saturated carbocycles. The summed E-state index contributed by atoms with van der Waals surface area (Å²) < 4.78 is 0. The van der Waals surface area contributed by atoms with Crippen molar-refractivity contribution >= 4 is 5.91 Å². The van der Waals surface area contributed by atoms with E-state index in [2.05, 4.69) is 15.5 Å². The van der Waals surface area contributed by atoms with Crippen molar-refractivity contribution in [3.63, 3.8) is 0 Å². The first-order valence-corrected chi connectivity index (χ1v) is 8.00. The summed E-state index contributed by atoms with van der Waals surface area (Å²) in [5.74, 6) is 0.00710. The van der Waals surface area contributed by atoms with E-state index in [1.54, 1.807) is 0 Å². The number of aryl methyl sites for hydroxylation is 2. The van der Waals surface area contributed by atoms with Gasteiger partial charge in [-0.1, -0.05) is 25.7 Å². The molecule has 0 aliphatic heterocycles. The quantitative estimate of drug-likeness (QED) is 0.728. The van der Waals surface area contributed by atoms with Crippen molar-refractivity contribution in [2.24, 2.45) is 0 Å². The highest BCUT2D eigenvalue weighted by molar-refractivity contribution is 5.76. The van der Waals surface area contributed by atoms with E-state index in [1.807, 2.05) is 13.8 Å². The van der Waals surface area contributed by atoms with Crippen LogP contribution < -0.4 is 5.32 Å². The Hall–Kier alpha value is -1.36. The molecule has 5 nitrogen and oxygen atoms in total. The summed E-state index contributed by atoms with van der Waals surface area (Å²) in [6.07, 6.45) is 7.22. The maximum atomic E-state index is 12.0. The zero-order valence-corrected chi connectivity index (χ0v) is 13.2. The lowest BCUT2D eigenvalue weighted by Crippen LogP contribution is -2.42. The third-order valence-electron chi connectivity index (χ3n) is 4.53. The van der Waals surface area contributed by atoms with Gasteiger partial charge >= 0.3 is 0 Å². The smallest absolute Gasteiger partial charge is 0.220 e. The topological polar surface area (TPSA) is 78.0 Å². The van der Waals surface area contributed by atoms with Crippen LogP contribution >= 0.6 is 0 Å². The first kappa shape index (κ1) is 16.0. The van der Waals surface area contributed by atoms with Crippen molar-refractivity contribution in [3.05, 3.63) is 17.0 Å². The van der Waals surface area contributed by atoms with Gasteiger partial charge in [-0.25, -0.2) is 0 Å². The third-order valence-corrected chi connectivity index (χ3v) is 4.53. The Balaban J connectivity index is 1.77. The average Bonchev–Trinajstić information content (AvgIpc) is 2.65. The van der Waals surface area contributed by atoms with Crippen molar-refractivity contribution in [1.82, 2.24) is 15.5 Å². The van der Waals surface area contributed by atoms with Crippen LogP contribution in [0.25, 0.3) is 0 Å². The van der Waals surface area contributed by atoms with Gasteiger partial charge in [0.25, 0.3) is 0 Å². The standard InChI is InChI=1S/C16H27N3O2/c1-12-14(13(2)19-18-12)7-8-15(20)17-11-16(21)9-5-3-4-6-10-16/h21H,3-11H2,1-2H3,(H,17,20)(H,18,19). The Morgan fingerprint density at radius 2 is 1.95 bits per heavy atom. The number of aromatic nitrogens is 2. The number of carbonyl (C=O) groups excluding carboxylic acids is 1. The van der Waals surface area contributed by atoms with Crippen LogP contribution in [-0.4, -0.2) is 33.4 Å². The molecule has 1 amide bonds.